The summed E-state index contributed by atoms with van der Waals surface area (Å²) >= 11 is 0. The van der Waals surface area contributed by atoms with E-state index in [2.05, 4.69) is 4.98 Å². The van der Waals surface area contributed by atoms with Gasteiger partial charge in [0.05, 0.1) is 11.6 Å². The number of hydrogen-bond acceptors (Lipinski definition) is 3. The van der Waals surface area contributed by atoms with Gasteiger partial charge in [0.25, 0.3) is 0 Å². The number of aromatic nitrogens is 3. The van der Waals surface area contributed by atoms with Crippen LogP contribution in [0.15, 0.2) is 23.1 Å². The first kappa shape index (κ1) is 16.5. The summed E-state index contributed by atoms with van der Waals surface area (Å²) in [6.45, 7) is 6.69. The Hall–Kier alpha value is -2.31. The van der Waals surface area contributed by atoms with Crippen LogP contribution >= 0.6 is 0 Å². The number of pyridine rings is 1. The number of imidazole rings is 1. The SMILES string of the molecule is CCN(CC)C(=O)N1CCC[C@H](n2c(=O)n(C)c3cccnc32)C1. The minimum absolute atomic E-state index is 0.0237. The number of carbonyl (C=O) groups is 1. The number of rotatable bonds is 3. The smallest absolute Gasteiger partial charge is 0.325 e. The fraction of sp³-hybridized carbons (Fsp3) is 0.588. The first-order chi connectivity index (χ1) is 11.6. The molecular formula is C17H25N5O2. The second-order valence-corrected chi connectivity index (χ2v) is 6.25. The zero-order chi connectivity index (χ0) is 17.3. The maximum Gasteiger partial charge on any atom is 0.330 e. The predicted molar refractivity (Wildman–Crippen MR) is 93.1 cm³/mol. The number of aryl methyl sites for hydroxylation is 1. The van der Waals surface area contributed by atoms with E-state index in [1.54, 1.807) is 22.4 Å². The van der Waals surface area contributed by atoms with Crippen molar-refractivity contribution in [3.8, 4) is 0 Å². The third-order valence-corrected chi connectivity index (χ3v) is 4.91. The number of piperidine rings is 1. The van der Waals surface area contributed by atoms with Crippen LogP contribution in [0.25, 0.3) is 11.2 Å². The monoisotopic (exact) mass is 331 g/mol. The van der Waals surface area contributed by atoms with Gasteiger partial charge in [-0.3, -0.25) is 9.13 Å². The van der Waals surface area contributed by atoms with Gasteiger partial charge in [-0.25, -0.2) is 14.6 Å². The first-order valence-corrected chi connectivity index (χ1v) is 8.64. The Morgan fingerprint density at radius 3 is 2.83 bits per heavy atom. The van der Waals surface area contributed by atoms with Gasteiger partial charge in [-0.2, -0.15) is 0 Å². The van der Waals surface area contributed by atoms with E-state index in [0.717, 1.165) is 24.9 Å². The number of likely N-dealkylation sites (tertiary alicyclic amines) is 1. The van der Waals surface area contributed by atoms with E-state index >= 15 is 0 Å². The molecule has 130 valence electrons. The molecule has 0 radical (unpaired) electrons. The molecule has 7 nitrogen and oxygen atoms in total. The lowest BCUT2D eigenvalue weighted by atomic mass is 10.1. The Bertz CT molecular complexity index is 790. The van der Waals surface area contributed by atoms with Crippen LogP contribution in [0, 0.1) is 0 Å². The topological polar surface area (TPSA) is 63.4 Å². The molecule has 0 bridgehead atoms. The van der Waals surface area contributed by atoms with Crippen LogP contribution in [0.2, 0.25) is 0 Å². The summed E-state index contributed by atoms with van der Waals surface area (Å²) in [7, 11) is 1.77. The van der Waals surface area contributed by atoms with Gasteiger partial charge in [0.1, 0.15) is 0 Å². The van der Waals surface area contributed by atoms with Crippen molar-refractivity contribution in [3.05, 3.63) is 28.8 Å². The highest BCUT2D eigenvalue weighted by Crippen LogP contribution is 2.24. The third-order valence-electron chi connectivity index (χ3n) is 4.91. The molecule has 3 heterocycles. The average Bonchev–Trinajstić information content (AvgIpc) is 2.87. The molecule has 1 saturated heterocycles. The van der Waals surface area contributed by atoms with E-state index in [-0.39, 0.29) is 17.8 Å². The summed E-state index contributed by atoms with van der Waals surface area (Å²) < 4.78 is 3.39. The van der Waals surface area contributed by atoms with Crippen LogP contribution < -0.4 is 5.69 Å². The summed E-state index contributed by atoms with van der Waals surface area (Å²) in [5.41, 5.74) is 1.47. The van der Waals surface area contributed by atoms with Crippen LogP contribution in [0.4, 0.5) is 4.79 Å². The van der Waals surface area contributed by atoms with Gasteiger partial charge in [-0.1, -0.05) is 0 Å². The number of amides is 2. The van der Waals surface area contributed by atoms with Crippen LogP contribution in [0.3, 0.4) is 0 Å². The Kier molecular flexibility index (Phi) is 4.59. The summed E-state index contributed by atoms with van der Waals surface area (Å²) in [6, 6.07) is 3.78. The maximum atomic E-state index is 12.7. The van der Waals surface area contributed by atoms with Crippen molar-refractivity contribution in [1.29, 1.82) is 0 Å². The van der Waals surface area contributed by atoms with Crippen LogP contribution in [0.5, 0.6) is 0 Å². The Morgan fingerprint density at radius 2 is 2.12 bits per heavy atom. The van der Waals surface area contributed by atoms with Crippen molar-refractivity contribution in [3.63, 3.8) is 0 Å². The molecule has 1 aliphatic heterocycles. The summed E-state index contributed by atoms with van der Waals surface area (Å²) in [5.74, 6) is 0. The van der Waals surface area contributed by atoms with Crippen LogP contribution in [0.1, 0.15) is 32.7 Å². The fourth-order valence-corrected chi connectivity index (χ4v) is 3.55. The predicted octanol–water partition coefficient (Wildman–Crippen LogP) is 1.83. The highest BCUT2D eigenvalue weighted by molar-refractivity contribution is 5.75. The van der Waals surface area contributed by atoms with Crippen molar-refractivity contribution < 1.29 is 4.79 Å². The van der Waals surface area contributed by atoms with Gasteiger partial charge in [-0.15, -0.1) is 0 Å². The first-order valence-electron chi connectivity index (χ1n) is 8.64. The van der Waals surface area contributed by atoms with E-state index in [1.807, 2.05) is 35.8 Å². The molecular weight excluding hydrogens is 306 g/mol. The number of urea groups is 1. The van der Waals surface area contributed by atoms with Gasteiger partial charge in [0, 0.05) is 39.4 Å². The molecule has 1 aliphatic rings. The third kappa shape index (κ3) is 2.68. The standard InChI is InChI=1S/C17H25N5O2/c1-4-20(5-2)17(24)21-11-7-8-13(12-21)22-15-14(9-6-10-18-15)19(3)16(22)23/h6,9-10,13H,4-5,7-8,11-12H2,1-3H3/t13-/m0/s1. The Morgan fingerprint density at radius 1 is 1.38 bits per heavy atom. The molecule has 1 fully saturated rings. The van der Waals surface area contributed by atoms with Crippen molar-refractivity contribution in [1.82, 2.24) is 23.9 Å². The minimum Gasteiger partial charge on any atom is -0.325 e. The normalized spacial score (nSPS) is 18.1. The second kappa shape index (κ2) is 6.67. The van der Waals surface area contributed by atoms with Crippen LogP contribution in [-0.2, 0) is 7.05 Å². The van der Waals surface area contributed by atoms with Gasteiger partial charge >= 0.3 is 11.7 Å². The fourth-order valence-electron chi connectivity index (χ4n) is 3.55. The molecule has 7 heteroatoms. The lowest BCUT2D eigenvalue weighted by Gasteiger charge is -2.36. The zero-order valence-electron chi connectivity index (χ0n) is 14.6. The van der Waals surface area contributed by atoms with Gasteiger partial charge in [0.15, 0.2) is 5.65 Å². The van der Waals surface area contributed by atoms with E-state index in [1.165, 1.54) is 0 Å². The van der Waals surface area contributed by atoms with E-state index in [4.69, 9.17) is 0 Å². The molecule has 3 rings (SSSR count). The summed E-state index contributed by atoms with van der Waals surface area (Å²) in [5, 5.41) is 0. The molecule has 0 spiro atoms. The lowest BCUT2D eigenvalue weighted by Crippen LogP contribution is -2.48. The van der Waals surface area contributed by atoms with E-state index in [9.17, 15) is 9.59 Å². The second-order valence-electron chi connectivity index (χ2n) is 6.25. The average molecular weight is 331 g/mol. The molecule has 2 aromatic heterocycles. The summed E-state index contributed by atoms with van der Waals surface area (Å²) in [6.07, 6.45) is 3.49. The molecule has 0 N–H and O–H groups in total. The Balaban J connectivity index is 1.92. The highest BCUT2D eigenvalue weighted by atomic mass is 16.2. The number of hydrogen-bond donors (Lipinski definition) is 0. The van der Waals surface area contributed by atoms with Crippen molar-refractivity contribution >= 4 is 17.2 Å². The quantitative estimate of drug-likeness (QED) is 0.862. The molecule has 24 heavy (non-hydrogen) atoms. The van der Waals surface area contributed by atoms with Crippen molar-refractivity contribution in [2.24, 2.45) is 7.05 Å². The molecule has 0 unspecified atom stereocenters. The molecule has 0 aromatic carbocycles. The highest BCUT2D eigenvalue weighted by Gasteiger charge is 2.29. The van der Waals surface area contributed by atoms with E-state index in [0.29, 0.717) is 25.3 Å². The zero-order valence-corrected chi connectivity index (χ0v) is 14.6. The van der Waals surface area contributed by atoms with Crippen LogP contribution in [-0.4, -0.2) is 56.1 Å². The van der Waals surface area contributed by atoms with Gasteiger partial charge in [-0.05, 0) is 38.8 Å². The number of carbonyl (C=O) groups excluding carboxylic acids is 1. The molecule has 2 amide bonds. The minimum atomic E-state index is -0.0640. The number of nitrogens with zero attached hydrogens (tertiary/aromatic N) is 5. The van der Waals surface area contributed by atoms with Gasteiger partial charge < -0.3 is 9.80 Å². The van der Waals surface area contributed by atoms with E-state index < -0.39 is 0 Å². The summed E-state index contributed by atoms with van der Waals surface area (Å²) in [4.78, 5) is 33.4. The molecule has 2 aromatic rings. The molecule has 1 atom stereocenters. The lowest BCUT2D eigenvalue weighted by molar-refractivity contribution is 0.133. The molecule has 0 aliphatic carbocycles. The Labute approximate surface area is 141 Å². The van der Waals surface area contributed by atoms with Gasteiger partial charge in [0.2, 0.25) is 0 Å². The van der Waals surface area contributed by atoms with Crippen molar-refractivity contribution in [2.75, 3.05) is 26.2 Å². The molecule has 0 saturated carbocycles. The largest absolute Gasteiger partial charge is 0.330 e. The number of fused-ring (bicyclic) bond motifs is 1. The maximum absolute atomic E-state index is 12.7. The van der Waals surface area contributed by atoms with Crippen molar-refractivity contribution in [2.45, 2.75) is 32.7 Å².